The Morgan fingerprint density at radius 3 is 2.63 bits per heavy atom. The largest absolute Gasteiger partial charge is 0.475 e. The van der Waals surface area contributed by atoms with Crippen LogP contribution in [0.1, 0.15) is 49.9 Å². The van der Waals surface area contributed by atoms with E-state index in [9.17, 15) is 9.90 Å². The van der Waals surface area contributed by atoms with Crippen LogP contribution in [0.3, 0.4) is 0 Å². The molecule has 1 aliphatic carbocycles. The SMILES string of the molecule is CC(C)Oc1ncc(C(=O)NC2CCCC[C@H]2O)cc1-c1ccc(Cl)cc1. The number of rotatable bonds is 5. The number of amides is 1. The van der Waals surface area contributed by atoms with E-state index in [-0.39, 0.29) is 18.1 Å². The van der Waals surface area contributed by atoms with Gasteiger partial charge in [-0.15, -0.1) is 0 Å². The van der Waals surface area contributed by atoms with Crippen LogP contribution < -0.4 is 10.1 Å². The van der Waals surface area contributed by atoms with Crippen molar-refractivity contribution in [1.29, 1.82) is 0 Å². The summed E-state index contributed by atoms with van der Waals surface area (Å²) in [6, 6.07) is 8.90. The number of pyridine rings is 1. The van der Waals surface area contributed by atoms with E-state index in [4.69, 9.17) is 16.3 Å². The maximum absolute atomic E-state index is 12.7. The summed E-state index contributed by atoms with van der Waals surface area (Å²) in [5.74, 6) is 0.237. The number of ether oxygens (including phenoxy) is 1. The standard InChI is InChI=1S/C21H25ClN2O3/c1-13(2)27-21-17(14-7-9-16(22)10-8-14)11-15(12-23-21)20(26)24-18-5-3-4-6-19(18)25/h7-13,18-19,25H,3-6H2,1-2H3,(H,24,26)/t18?,19-/m1/s1. The van der Waals surface area contributed by atoms with Gasteiger partial charge in [0.05, 0.1) is 23.8 Å². The molecule has 3 rings (SSSR count). The normalized spacial score (nSPS) is 19.7. The van der Waals surface area contributed by atoms with Gasteiger partial charge >= 0.3 is 0 Å². The summed E-state index contributed by atoms with van der Waals surface area (Å²) in [4.78, 5) is 17.1. The van der Waals surface area contributed by atoms with Crippen molar-refractivity contribution < 1.29 is 14.6 Å². The zero-order valence-corrected chi connectivity index (χ0v) is 16.4. The van der Waals surface area contributed by atoms with E-state index in [0.29, 0.717) is 16.5 Å². The van der Waals surface area contributed by atoms with Crippen molar-refractivity contribution >= 4 is 17.5 Å². The molecule has 1 fully saturated rings. The van der Waals surface area contributed by atoms with Gasteiger partial charge in [0.25, 0.3) is 5.91 Å². The number of halogens is 1. The average Bonchev–Trinajstić information content (AvgIpc) is 2.64. The van der Waals surface area contributed by atoms with Gasteiger partial charge in [-0.3, -0.25) is 4.79 Å². The molecule has 1 heterocycles. The van der Waals surface area contributed by atoms with Crippen LogP contribution in [0.5, 0.6) is 5.88 Å². The van der Waals surface area contributed by atoms with Gasteiger partial charge in [-0.1, -0.05) is 36.6 Å². The van der Waals surface area contributed by atoms with E-state index in [0.717, 1.165) is 36.8 Å². The van der Waals surface area contributed by atoms with Crippen molar-refractivity contribution in [2.75, 3.05) is 0 Å². The van der Waals surface area contributed by atoms with Crippen LogP contribution >= 0.6 is 11.6 Å². The van der Waals surface area contributed by atoms with Gasteiger partial charge in [0.15, 0.2) is 0 Å². The van der Waals surface area contributed by atoms with Gasteiger partial charge in [-0.05, 0) is 50.5 Å². The lowest BCUT2D eigenvalue weighted by atomic mass is 9.92. The molecule has 2 atom stereocenters. The van der Waals surface area contributed by atoms with Gasteiger partial charge < -0.3 is 15.2 Å². The summed E-state index contributed by atoms with van der Waals surface area (Å²) in [6.45, 7) is 3.86. The molecule has 1 aliphatic rings. The molecule has 1 amide bonds. The van der Waals surface area contributed by atoms with Crippen molar-refractivity contribution in [3.8, 4) is 17.0 Å². The number of benzene rings is 1. The molecular weight excluding hydrogens is 364 g/mol. The van der Waals surface area contributed by atoms with Crippen LogP contribution in [0.25, 0.3) is 11.1 Å². The summed E-state index contributed by atoms with van der Waals surface area (Å²) in [5.41, 5.74) is 2.04. The van der Waals surface area contributed by atoms with Crippen LogP contribution in [0.2, 0.25) is 5.02 Å². The molecular formula is C21H25ClN2O3. The highest BCUT2D eigenvalue weighted by molar-refractivity contribution is 6.30. The Bertz CT molecular complexity index is 793. The van der Waals surface area contributed by atoms with E-state index in [2.05, 4.69) is 10.3 Å². The first kappa shape index (κ1) is 19.6. The summed E-state index contributed by atoms with van der Waals surface area (Å²) in [6.07, 6.45) is 4.51. The number of aromatic nitrogens is 1. The van der Waals surface area contributed by atoms with Crippen LogP contribution in [0.4, 0.5) is 0 Å². The predicted octanol–water partition coefficient (Wildman–Crippen LogP) is 4.22. The third-order valence-electron chi connectivity index (χ3n) is 4.66. The summed E-state index contributed by atoms with van der Waals surface area (Å²) in [7, 11) is 0. The lowest BCUT2D eigenvalue weighted by molar-refractivity contribution is 0.0717. The number of aliphatic hydroxyl groups excluding tert-OH is 1. The van der Waals surface area contributed by atoms with Gasteiger partial charge in [0.1, 0.15) is 0 Å². The fraction of sp³-hybridized carbons (Fsp3) is 0.429. The highest BCUT2D eigenvalue weighted by Crippen LogP contribution is 2.31. The Kier molecular flexibility index (Phi) is 6.34. The molecule has 6 heteroatoms. The van der Waals surface area contributed by atoms with Crippen molar-refractivity contribution in [2.24, 2.45) is 0 Å². The Morgan fingerprint density at radius 2 is 1.96 bits per heavy atom. The Morgan fingerprint density at radius 1 is 1.26 bits per heavy atom. The quantitative estimate of drug-likeness (QED) is 0.804. The minimum atomic E-state index is -0.491. The lowest BCUT2D eigenvalue weighted by Crippen LogP contribution is -2.45. The molecule has 0 spiro atoms. The first-order chi connectivity index (χ1) is 12.9. The second-order valence-electron chi connectivity index (χ2n) is 7.18. The molecule has 5 nitrogen and oxygen atoms in total. The minimum Gasteiger partial charge on any atom is -0.475 e. The zero-order chi connectivity index (χ0) is 19.4. The minimum absolute atomic E-state index is 0.0411. The Hall–Kier alpha value is -2.11. The molecule has 1 unspecified atom stereocenters. The molecule has 0 bridgehead atoms. The monoisotopic (exact) mass is 388 g/mol. The van der Waals surface area contributed by atoms with Crippen molar-refractivity contribution in [1.82, 2.24) is 10.3 Å². The molecule has 0 radical (unpaired) electrons. The second-order valence-corrected chi connectivity index (χ2v) is 7.62. The van der Waals surface area contributed by atoms with Crippen LogP contribution in [0, 0.1) is 0 Å². The van der Waals surface area contributed by atoms with E-state index in [1.165, 1.54) is 6.20 Å². The number of aliphatic hydroxyl groups is 1. The lowest BCUT2D eigenvalue weighted by Gasteiger charge is -2.28. The van der Waals surface area contributed by atoms with Crippen molar-refractivity contribution in [2.45, 2.75) is 57.8 Å². The molecule has 2 N–H and O–H groups in total. The fourth-order valence-corrected chi connectivity index (χ4v) is 3.39. The van der Waals surface area contributed by atoms with E-state index in [1.54, 1.807) is 18.2 Å². The fourth-order valence-electron chi connectivity index (χ4n) is 3.26. The maximum atomic E-state index is 12.7. The molecule has 1 aromatic heterocycles. The molecule has 2 aromatic rings. The maximum Gasteiger partial charge on any atom is 0.253 e. The number of hydrogen-bond acceptors (Lipinski definition) is 4. The van der Waals surface area contributed by atoms with Gasteiger partial charge in [-0.2, -0.15) is 0 Å². The van der Waals surface area contributed by atoms with Crippen LogP contribution in [-0.2, 0) is 0 Å². The number of hydrogen-bond donors (Lipinski definition) is 2. The smallest absolute Gasteiger partial charge is 0.253 e. The molecule has 144 valence electrons. The van der Waals surface area contributed by atoms with Crippen LogP contribution in [0.15, 0.2) is 36.5 Å². The first-order valence-electron chi connectivity index (χ1n) is 9.35. The number of carbonyl (C=O) groups is 1. The van der Waals surface area contributed by atoms with E-state index < -0.39 is 6.10 Å². The van der Waals surface area contributed by atoms with E-state index in [1.807, 2.05) is 26.0 Å². The molecule has 0 aliphatic heterocycles. The predicted molar refractivity (Wildman–Crippen MR) is 106 cm³/mol. The van der Waals surface area contributed by atoms with Gasteiger partial charge in [0.2, 0.25) is 5.88 Å². The number of nitrogens with zero attached hydrogens (tertiary/aromatic N) is 1. The summed E-state index contributed by atoms with van der Waals surface area (Å²) < 4.78 is 5.82. The van der Waals surface area contributed by atoms with Crippen LogP contribution in [-0.4, -0.2) is 34.2 Å². The van der Waals surface area contributed by atoms with Crippen molar-refractivity contribution in [3.05, 3.63) is 47.1 Å². The first-order valence-corrected chi connectivity index (χ1v) is 9.73. The third kappa shape index (κ3) is 4.99. The summed E-state index contributed by atoms with van der Waals surface area (Å²) in [5, 5.41) is 13.7. The molecule has 1 aromatic carbocycles. The second kappa shape index (κ2) is 8.72. The average molecular weight is 389 g/mol. The zero-order valence-electron chi connectivity index (χ0n) is 15.6. The molecule has 1 saturated carbocycles. The van der Waals surface area contributed by atoms with E-state index >= 15 is 0 Å². The van der Waals surface area contributed by atoms with Gasteiger partial charge in [0, 0.05) is 16.8 Å². The molecule has 0 saturated heterocycles. The Labute approximate surface area is 164 Å². The topological polar surface area (TPSA) is 71.5 Å². The highest BCUT2D eigenvalue weighted by atomic mass is 35.5. The summed E-state index contributed by atoms with van der Waals surface area (Å²) >= 11 is 5.99. The number of carbonyl (C=O) groups excluding carboxylic acids is 1. The Balaban J connectivity index is 1.88. The molecule has 27 heavy (non-hydrogen) atoms. The van der Waals surface area contributed by atoms with Gasteiger partial charge in [-0.25, -0.2) is 4.98 Å². The third-order valence-corrected chi connectivity index (χ3v) is 4.91. The highest BCUT2D eigenvalue weighted by Gasteiger charge is 2.25. The number of nitrogens with one attached hydrogen (secondary N) is 1. The van der Waals surface area contributed by atoms with Crippen molar-refractivity contribution in [3.63, 3.8) is 0 Å².